The molecule has 1 aliphatic rings. The number of hydrogen-bond acceptors (Lipinski definition) is 5. The topological polar surface area (TPSA) is 88.1 Å². The van der Waals surface area contributed by atoms with Gasteiger partial charge in [-0.3, -0.25) is 14.9 Å². The summed E-state index contributed by atoms with van der Waals surface area (Å²) in [5.41, 5.74) is -1.02. The van der Waals surface area contributed by atoms with Gasteiger partial charge in [-0.1, -0.05) is 18.2 Å². The van der Waals surface area contributed by atoms with E-state index in [0.717, 1.165) is 17.0 Å². The Labute approximate surface area is 179 Å². The van der Waals surface area contributed by atoms with Gasteiger partial charge in [0.2, 0.25) is 5.91 Å². The number of aromatic nitrogens is 2. The molecule has 0 radical (unpaired) electrons. The lowest BCUT2D eigenvalue weighted by Crippen LogP contribution is -2.52. The van der Waals surface area contributed by atoms with Gasteiger partial charge in [0.25, 0.3) is 5.91 Å². The summed E-state index contributed by atoms with van der Waals surface area (Å²) in [5, 5.41) is 14.7. The zero-order valence-electron chi connectivity index (χ0n) is 16.2. The average molecular weight is 449 g/mol. The minimum absolute atomic E-state index is 0.150. The molecule has 3 N–H and O–H groups in total. The molecule has 1 aromatic carbocycles. The Hall–Kier alpha value is -3.18. The van der Waals surface area contributed by atoms with Crippen molar-refractivity contribution in [2.45, 2.75) is 31.9 Å². The Balaban J connectivity index is 1.71. The summed E-state index contributed by atoms with van der Waals surface area (Å²) >= 11 is 1.42. The highest BCUT2D eigenvalue weighted by Crippen LogP contribution is 2.33. The van der Waals surface area contributed by atoms with Crippen LogP contribution in [0.2, 0.25) is 0 Å². The second-order valence-corrected chi connectivity index (χ2v) is 8.02. The molecule has 0 bridgehead atoms. The second-order valence-electron chi connectivity index (χ2n) is 7.08. The van der Waals surface area contributed by atoms with E-state index in [9.17, 15) is 22.8 Å². The molecule has 162 valence electrons. The first-order chi connectivity index (χ1) is 14.7. The minimum atomic E-state index is -4.68. The number of carbonyl (C=O) groups is 2. The van der Waals surface area contributed by atoms with Crippen LogP contribution in [0.15, 0.2) is 47.8 Å². The molecular formula is C20H18F3N5O2S. The van der Waals surface area contributed by atoms with Gasteiger partial charge in [-0.2, -0.15) is 18.3 Å². The predicted molar refractivity (Wildman–Crippen MR) is 109 cm³/mol. The van der Waals surface area contributed by atoms with Gasteiger partial charge in [0, 0.05) is 18.5 Å². The van der Waals surface area contributed by atoms with Crippen molar-refractivity contribution in [2.75, 3.05) is 5.32 Å². The van der Waals surface area contributed by atoms with Crippen LogP contribution < -0.4 is 16.0 Å². The number of thiophene rings is 1. The molecule has 1 aliphatic heterocycles. The van der Waals surface area contributed by atoms with E-state index < -0.39 is 29.5 Å². The molecule has 2 unspecified atom stereocenters. The standard InChI is InChI=1S/C20H18F3N5O2S/c1-11-9-17(29)26-19(24-11)28-16(10-14(27-28)15-7-4-8-31-15)25-18(30)12-5-2-3-6-13(12)20(21,22)23/h2-8,10-11,19,24H,9H2,1H3,(H,25,30)(H,26,29). The third-order valence-corrected chi connectivity index (χ3v) is 5.60. The normalized spacial score (nSPS) is 19.2. The van der Waals surface area contributed by atoms with Crippen molar-refractivity contribution < 1.29 is 22.8 Å². The predicted octanol–water partition coefficient (Wildman–Crippen LogP) is 3.84. The molecule has 2 amide bonds. The smallest absolute Gasteiger partial charge is 0.322 e. The lowest BCUT2D eigenvalue weighted by atomic mass is 10.1. The summed E-state index contributed by atoms with van der Waals surface area (Å²) in [5.74, 6) is -0.983. The first-order valence-corrected chi connectivity index (χ1v) is 10.3. The van der Waals surface area contributed by atoms with Crippen LogP contribution in [-0.2, 0) is 11.0 Å². The van der Waals surface area contributed by atoms with E-state index in [1.165, 1.54) is 28.2 Å². The molecular weight excluding hydrogens is 431 g/mol. The van der Waals surface area contributed by atoms with Crippen LogP contribution in [0.1, 0.15) is 35.6 Å². The Morgan fingerprint density at radius 1 is 1.26 bits per heavy atom. The van der Waals surface area contributed by atoms with Crippen LogP contribution in [0.25, 0.3) is 10.6 Å². The number of rotatable bonds is 4. The van der Waals surface area contributed by atoms with Crippen LogP contribution >= 0.6 is 11.3 Å². The van der Waals surface area contributed by atoms with Crippen molar-refractivity contribution >= 4 is 29.0 Å². The molecule has 0 aliphatic carbocycles. The summed E-state index contributed by atoms with van der Waals surface area (Å²) in [6, 6.07) is 9.63. The number of carbonyl (C=O) groups excluding carboxylic acids is 2. The number of nitrogens with one attached hydrogen (secondary N) is 3. The quantitative estimate of drug-likeness (QED) is 0.565. The second kappa shape index (κ2) is 8.16. The monoisotopic (exact) mass is 449 g/mol. The maximum absolute atomic E-state index is 13.3. The summed E-state index contributed by atoms with van der Waals surface area (Å²) in [4.78, 5) is 25.6. The third kappa shape index (κ3) is 4.47. The molecule has 7 nitrogen and oxygen atoms in total. The lowest BCUT2D eigenvalue weighted by Gasteiger charge is -2.30. The van der Waals surface area contributed by atoms with Gasteiger partial charge in [-0.05, 0) is 30.5 Å². The fourth-order valence-electron chi connectivity index (χ4n) is 3.33. The van der Waals surface area contributed by atoms with Gasteiger partial charge in [-0.15, -0.1) is 11.3 Å². The highest BCUT2D eigenvalue weighted by molar-refractivity contribution is 7.13. The van der Waals surface area contributed by atoms with Crippen LogP contribution in [0.5, 0.6) is 0 Å². The van der Waals surface area contributed by atoms with E-state index >= 15 is 0 Å². The van der Waals surface area contributed by atoms with Crippen molar-refractivity contribution in [2.24, 2.45) is 0 Å². The zero-order valence-corrected chi connectivity index (χ0v) is 17.1. The van der Waals surface area contributed by atoms with E-state index in [4.69, 9.17) is 0 Å². The summed E-state index contributed by atoms with van der Waals surface area (Å²) in [7, 11) is 0. The molecule has 0 spiro atoms. The number of amides is 2. The van der Waals surface area contributed by atoms with E-state index in [1.807, 2.05) is 24.4 Å². The number of nitrogens with zero attached hydrogens (tertiary/aromatic N) is 2. The zero-order chi connectivity index (χ0) is 22.2. The van der Waals surface area contributed by atoms with E-state index in [-0.39, 0.29) is 24.2 Å². The number of halogens is 3. The highest BCUT2D eigenvalue weighted by Gasteiger charge is 2.35. The van der Waals surface area contributed by atoms with E-state index in [1.54, 1.807) is 6.07 Å². The number of anilines is 1. The van der Waals surface area contributed by atoms with Crippen molar-refractivity contribution in [3.8, 4) is 10.6 Å². The Morgan fingerprint density at radius 3 is 2.71 bits per heavy atom. The molecule has 3 aromatic rings. The Bertz CT molecular complexity index is 1110. The van der Waals surface area contributed by atoms with Crippen LogP contribution in [0, 0.1) is 0 Å². The van der Waals surface area contributed by atoms with Crippen molar-refractivity contribution in [1.82, 2.24) is 20.4 Å². The van der Waals surface area contributed by atoms with E-state index in [0.29, 0.717) is 5.69 Å². The van der Waals surface area contributed by atoms with Crippen LogP contribution in [0.4, 0.5) is 19.0 Å². The average Bonchev–Trinajstić information content (AvgIpc) is 3.36. The number of alkyl halides is 3. The minimum Gasteiger partial charge on any atom is -0.322 e. The third-order valence-electron chi connectivity index (χ3n) is 4.70. The van der Waals surface area contributed by atoms with Crippen molar-refractivity contribution in [3.63, 3.8) is 0 Å². The molecule has 11 heteroatoms. The molecule has 4 rings (SSSR count). The summed E-state index contributed by atoms with van der Waals surface area (Å²) in [6.45, 7) is 1.83. The van der Waals surface area contributed by atoms with E-state index in [2.05, 4.69) is 21.0 Å². The van der Waals surface area contributed by atoms with Gasteiger partial charge in [0.05, 0.1) is 16.0 Å². The maximum Gasteiger partial charge on any atom is 0.417 e. The Morgan fingerprint density at radius 2 is 2.03 bits per heavy atom. The van der Waals surface area contributed by atoms with Gasteiger partial charge >= 0.3 is 6.18 Å². The van der Waals surface area contributed by atoms with Crippen LogP contribution in [-0.4, -0.2) is 27.6 Å². The molecule has 1 saturated heterocycles. The van der Waals surface area contributed by atoms with Crippen molar-refractivity contribution in [1.29, 1.82) is 0 Å². The summed E-state index contributed by atoms with van der Waals surface area (Å²) in [6.07, 6.45) is -5.17. The molecule has 31 heavy (non-hydrogen) atoms. The molecule has 3 heterocycles. The van der Waals surface area contributed by atoms with Gasteiger partial charge in [0.15, 0.2) is 6.29 Å². The first kappa shape index (κ1) is 21.1. The molecule has 0 saturated carbocycles. The fraction of sp³-hybridized carbons (Fsp3) is 0.250. The molecule has 1 fully saturated rings. The Kier molecular flexibility index (Phi) is 5.54. The van der Waals surface area contributed by atoms with Crippen molar-refractivity contribution in [3.05, 3.63) is 59.0 Å². The maximum atomic E-state index is 13.3. The first-order valence-electron chi connectivity index (χ1n) is 9.39. The highest BCUT2D eigenvalue weighted by atomic mass is 32.1. The molecule has 2 atom stereocenters. The number of hydrogen-bond donors (Lipinski definition) is 3. The summed E-state index contributed by atoms with van der Waals surface area (Å²) < 4.78 is 41.4. The van der Waals surface area contributed by atoms with Gasteiger partial charge in [0.1, 0.15) is 11.5 Å². The SMILES string of the molecule is CC1CC(=O)NC(n2nc(-c3cccs3)cc2NC(=O)c2ccccc2C(F)(F)F)N1. The van der Waals surface area contributed by atoms with Gasteiger partial charge < -0.3 is 10.6 Å². The van der Waals surface area contributed by atoms with Gasteiger partial charge in [-0.25, -0.2) is 4.68 Å². The molecule has 2 aromatic heterocycles. The van der Waals surface area contributed by atoms with Crippen LogP contribution in [0.3, 0.4) is 0 Å². The number of benzene rings is 1. The lowest BCUT2D eigenvalue weighted by molar-refractivity contribution is -0.138. The fourth-order valence-corrected chi connectivity index (χ4v) is 4.01. The largest absolute Gasteiger partial charge is 0.417 e.